The average Bonchev–Trinajstić information content (AvgIpc) is 2.92. The highest BCUT2D eigenvalue weighted by atomic mass is 16.2. The zero-order valence-electron chi connectivity index (χ0n) is 15.9. The number of carbonyl (C=O) groups excluding carboxylic acids is 1. The van der Waals surface area contributed by atoms with E-state index in [0.29, 0.717) is 0 Å². The van der Waals surface area contributed by atoms with E-state index in [4.69, 9.17) is 0 Å². The molecular formula is C20H28N4O. The number of carbonyl (C=O) groups is 1. The lowest BCUT2D eigenvalue weighted by molar-refractivity contribution is 0.0746. The highest BCUT2D eigenvalue weighted by Crippen LogP contribution is 2.25. The van der Waals surface area contributed by atoms with Crippen molar-refractivity contribution >= 4 is 11.6 Å². The molecule has 1 aliphatic heterocycles. The number of benzene rings is 1. The molecule has 0 atom stereocenters. The molecule has 1 saturated heterocycles. The van der Waals surface area contributed by atoms with Gasteiger partial charge in [0.1, 0.15) is 0 Å². The molecule has 0 unspecified atom stereocenters. The minimum absolute atomic E-state index is 0.105. The number of amides is 1. The smallest absolute Gasteiger partial charge is 0.253 e. The van der Waals surface area contributed by atoms with Crippen LogP contribution in [0.1, 0.15) is 48.1 Å². The van der Waals surface area contributed by atoms with Crippen LogP contribution in [0, 0.1) is 13.8 Å². The van der Waals surface area contributed by atoms with Crippen LogP contribution in [0.25, 0.3) is 0 Å². The summed E-state index contributed by atoms with van der Waals surface area (Å²) in [6.45, 7) is 13.8. The molecule has 3 rings (SSSR count). The van der Waals surface area contributed by atoms with Gasteiger partial charge in [0.25, 0.3) is 5.91 Å². The van der Waals surface area contributed by atoms with E-state index in [1.165, 1.54) is 11.3 Å². The number of rotatable bonds is 2. The SMILES string of the molecule is Cc1n[nH]c(C)c1N1CCN(C(=O)c2ccc(C(C)(C)C)cc2)CC1. The normalized spacial score (nSPS) is 15.6. The molecule has 1 fully saturated rings. The van der Waals surface area contributed by atoms with E-state index in [9.17, 15) is 4.79 Å². The summed E-state index contributed by atoms with van der Waals surface area (Å²) in [4.78, 5) is 17.0. The molecule has 2 heterocycles. The number of H-pyrrole nitrogens is 1. The van der Waals surface area contributed by atoms with Crippen molar-refractivity contribution in [2.24, 2.45) is 0 Å². The summed E-state index contributed by atoms with van der Waals surface area (Å²) in [7, 11) is 0. The number of piperazine rings is 1. The molecule has 25 heavy (non-hydrogen) atoms. The number of nitrogens with one attached hydrogen (secondary N) is 1. The van der Waals surface area contributed by atoms with Gasteiger partial charge in [-0.05, 0) is 37.0 Å². The second-order valence-electron chi connectivity index (χ2n) is 7.89. The van der Waals surface area contributed by atoms with E-state index in [1.54, 1.807) is 0 Å². The van der Waals surface area contributed by atoms with Gasteiger partial charge in [-0.25, -0.2) is 0 Å². The van der Waals surface area contributed by atoms with Gasteiger partial charge in [-0.3, -0.25) is 9.89 Å². The summed E-state index contributed by atoms with van der Waals surface area (Å²) in [6, 6.07) is 8.06. The molecule has 1 N–H and O–H groups in total. The van der Waals surface area contributed by atoms with Gasteiger partial charge in [0.05, 0.1) is 17.1 Å². The zero-order valence-corrected chi connectivity index (χ0v) is 15.9. The van der Waals surface area contributed by atoms with Crippen molar-refractivity contribution in [2.45, 2.75) is 40.0 Å². The van der Waals surface area contributed by atoms with Crippen LogP contribution in [0.15, 0.2) is 24.3 Å². The van der Waals surface area contributed by atoms with Gasteiger partial charge in [0, 0.05) is 31.7 Å². The molecule has 5 nitrogen and oxygen atoms in total. The topological polar surface area (TPSA) is 52.2 Å². The molecular weight excluding hydrogens is 312 g/mol. The minimum Gasteiger partial charge on any atom is -0.365 e. The van der Waals surface area contributed by atoms with E-state index in [0.717, 1.165) is 43.1 Å². The van der Waals surface area contributed by atoms with Crippen LogP contribution >= 0.6 is 0 Å². The maximum absolute atomic E-state index is 12.8. The Bertz CT molecular complexity index is 727. The minimum atomic E-state index is 0.105. The molecule has 1 aromatic carbocycles. The molecule has 0 bridgehead atoms. The fraction of sp³-hybridized carbons (Fsp3) is 0.500. The van der Waals surface area contributed by atoms with Crippen molar-refractivity contribution in [1.82, 2.24) is 15.1 Å². The summed E-state index contributed by atoms with van der Waals surface area (Å²) in [5.74, 6) is 0.126. The lowest BCUT2D eigenvalue weighted by Crippen LogP contribution is -2.49. The Morgan fingerprint density at radius 2 is 1.64 bits per heavy atom. The van der Waals surface area contributed by atoms with Gasteiger partial charge in [-0.1, -0.05) is 32.9 Å². The van der Waals surface area contributed by atoms with Crippen LogP contribution in [0.3, 0.4) is 0 Å². The number of anilines is 1. The maximum atomic E-state index is 12.8. The molecule has 2 aromatic rings. The maximum Gasteiger partial charge on any atom is 0.253 e. The van der Waals surface area contributed by atoms with Gasteiger partial charge >= 0.3 is 0 Å². The van der Waals surface area contributed by atoms with Crippen LogP contribution < -0.4 is 4.90 Å². The molecule has 0 radical (unpaired) electrons. The first-order chi connectivity index (χ1) is 11.8. The van der Waals surface area contributed by atoms with Crippen LogP contribution in [-0.4, -0.2) is 47.2 Å². The summed E-state index contributed by atoms with van der Waals surface area (Å²) in [6.07, 6.45) is 0. The van der Waals surface area contributed by atoms with Crippen LogP contribution in [0.5, 0.6) is 0 Å². The zero-order chi connectivity index (χ0) is 18.2. The van der Waals surface area contributed by atoms with Gasteiger partial charge < -0.3 is 9.80 Å². The molecule has 0 saturated carbocycles. The Hall–Kier alpha value is -2.30. The summed E-state index contributed by atoms with van der Waals surface area (Å²) in [5, 5.41) is 7.31. The Labute approximate surface area is 150 Å². The number of hydrogen-bond donors (Lipinski definition) is 1. The summed E-state index contributed by atoms with van der Waals surface area (Å²) < 4.78 is 0. The fourth-order valence-electron chi connectivity index (χ4n) is 3.44. The second-order valence-corrected chi connectivity index (χ2v) is 7.89. The van der Waals surface area contributed by atoms with Gasteiger partial charge in [-0.15, -0.1) is 0 Å². The monoisotopic (exact) mass is 340 g/mol. The first kappa shape index (κ1) is 17.5. The predicted octanol–water partition coefficient (Wildman–Crippen LogP) is 3.29. The average molecular weight is 340 g/mol. The van der Waals surface area contributed by atoms with Crippen molar-refractivity contribution in [3.05, 3.63) is 46.8 Å². The number of aromatic nitrogens is 2. The number of aryl methyl sites for hydroxylation is 2. The number of hydrogen-bond acceptors (Lipinski definition) is 3. The van der Waals surface area contributed by atoms with Crippen molar-refractivity contribution in [1.29, 1.82) is 0 Å². The van der Waals surface area contributed by atoms with Crippen molar-refractivity contribution < 1.29 is 4.79 Å². The third-order valence-corrected chi connectivity index (χ3v) is 4.97. The number of aromatic amines is 1. The van der Waals surface area contributed by atoms with Gasteiger partial charge in [-0.2, -0.15) is 5.10 Å². The third-order valence-electron chi connectivity index (χ3n) is 4.97. The standard InChI is InChI=1S/C20H28N4O/c1-14-18(15(2)22-21-14)23-10-12-24(13-11-23)19(25)16-6-8-17(9-7-16)20(3,4)5/h6-9H,10-13H2,1-5H3,(H,21,22). The van der Waals surface area contributed by atoms with Crippen LogP contribution in [-0.2, 0) is 5.41 Å². The first-order valence-electron chi connectivity index (χ1n) is 8.93. The largest absolute Gasteiger partial charge is 0.365 e. The lowest BCUT2D eigenvalue weighted by Gasteiger charge is -2.36. The van der Waals surface area contributed by atoms with Gasteiger partial charge in [0.15, 0.2) is 0 Å². The van der Waals surface area contributed by atoms with Crippen molar-refractivity contribution in [3.8, 4) is 0 Å². The van der Waals surface area contributed by atoms with Crippen LogP contribution in [0.2, 0.25) is 0 Å². The second kappa shape index (κ2) is 6.54. The fourth-order valence-corrected chi connectivity index (χ4v) is 3.44. The molecule has 0 aliphatic carbocycles. The Morgan fingerprint density at radius 3 is 2.12 bits per heavy atom. The predicted molar refractivity (Wildman–Crippen MR) is 101 cm³/mol. The quantitative estimate of drug-likeness (QED) is 0.913. The summed E-state index contributed by atoms with van der Waals surface area (Å²) >= 11 is 0. The Balaban J connectivity index is 1.66. The van der Waals surface area contributed by atoms with E-state index in [2.05, 4.69) is 48.0 Å². The molecule has 1 aliphatic rings. The van der Waals surface area contributed by atoms with Crippen molar-refractivity contribution in [2.75, 3.05) is 31.1 Å². The van der Waals surface area contributed by atoms with E-state index >= 15 is 0 Å². The van der Waals surface area contributed by atoms with Crippen molar-refractivity contribution in [3.63, 3.8) is 0 Å². The van der Waals surface area contributed by atoms with E-state index in [1.807, 2.05) is 30.9 Å². The Kier molecular flexibility index (Phi) is 4.58. The van der Waals surface area contributed by atoms with E-state index < -0.39 is 0 Å². The number of nitrogens with zero attached hydrogens (tertiary/aromatic N) is 3. The highest BCUT2D eigenvalue weighted by molar-refractivity contribution is 5.94. The molecule has 1 aromatic heterocycles. The molecule has 134 valence electrons. The van der Waals surface area contributed by atoms with E-state index in [-0.39, 0.29) is 11.3 Å². The Morgan fingerprint density at radius 1 is 1.04 bits per heavy atom. The van der Waals surface area contributed by atoms with Gasteiger partial charge in [0.2, 0.25) is 0 Å². The molecule has 5 heteroatoms. The molecule has 1 amide bonds. The summed E-state index contributed by atoms with van der Waals surface area (Å²) in [5.41, 5.74) is 5.43. The lowest BCUT2D eigenvalue weighted by atomic mass is 9.86. The third kappa shape index (κ3) is 3.55. The highest BCUT2D eigenvalue weighted by Gasteiger charge is 2.25. The molecule has 0 spiro atoms. The first-order valence-corrected chi connectivity index (χ1v) is 8.93. The van der Waals surface area contributed by atoms with Crippen LogP contribution in [0.4, 0.5) is 5.69 Å².